The van der Waals surface area contributed by atoms with Crippen molar-refractivity contribution in [2.45, 2.75) is 6.54 Å². The van der Waals surface area contributed by atoms with E-state index < -0.39 is 0 Å². The van der Waals surface area contributed by atoms with E-state index in [0.29, 0.717) is 23.5 Å². The quantitative estimate of drug-likeness (QED) is 0.386. The van der Waals surface area contributed by atoms with Gasteiger partial charge in [-0.2, -0.15) is 0 Å². The van der Waals surface area contributed by atoms with Crippen LogP contribution in [0.4, 0.5) is 16.5 Å². The number of nitrogens with one attached hydrogen (secondary N) is 2. The van der Waals surface area contributed by atoms with E-state index in [0.717, 1.165) is 22.0 Å². The van der Waals surface area contributed by atoms with Crippen molar-refractivity contribution in [3.05, 3.63) is 95.4 Å². The molecule has 1 amide bonds. The number of aromatic nitrogens is 1. The van der Waals surface area contributed by atoms with Crippen LogP contribution in [0.2, 0.25) is 0 Å². The molecule has 1 aromatic heterocycles. The van der Waals surface area contributed by atoms with Gasteiger partial charge in [0.25, 0.3) is 5.91 Å². The van der Waals surface area contributed by atoms with Gasteiger partial charge >= 0.3 is 0 Å². The van der Waals surface area contributed by atoms with Crippen molar-refractivity contribution >= 4 is 33.8 Å². The number of nitrogens with two attached hydrogens (primary N) is 1. The lowest BCUT2D eigenvalue weighted by Crippen LogP contribution is -2.13. The zero-order valence-corrected chi connectivity index (χ0v) is 16.4. The number of thiazole rings is 1. The summed E-state index contributed by atoms with van der Waals surface area (Å²) in [4.78, 5) is 17.0. The van der Waals surface area contributed by atoms with E-state index in [1.54, 1.807) is 23.5 Å². The Kier molecular flexibility index (Phi) is 5.54. The van der Waals surface area contributed by atoms with E-state index in [9.17, 15) is 4.79 Å². The molecule has 144 valence electrons. The number of amides is 1. The minimum Gasteiger partial charge on any atom is -0.397 e. The van der Waals surface area contributed by atoms with Gasteiger partial charge in [0, 0.05) is 23.1 Å². The van der Waals surface area contributed by atoms with Gasteiger partial charge in [-0.25, -0.2) is 4.98 Å². The van der Waals surface area contributed by atoms with Crippen LogP contribution in [0, 0.1) is 0 Å². The van der Waals surface area contributed by atoms with Crippen LogP contribution in [0.25, 0.3) is 11.3 Å². The van der Waals surface area contributed by atoms with Crippen molar-refractivity contribution in [2.24, 2.45) is 0 Å². The van der Waals surface area contributed by atoms with Crippen LogP contribution in [0.15, 0.2) is 84.2 Å². The van der Waals surface area contributed by atoms with Crippen LogP contribution < -0.4 is 16.4 Å². The van der Waals surface area contributed by atoms with E-state index in [2.05, 4.69) is 15.6 Å². The second-order valence-electron chi connectivity index (χ2n) is 6.50. The molecule has 4 N–H and O–H groups in total. The largest absolute Gasteiger partial charge is 0.397 e. The van der Waals surface area contributed by atoms with Crippen LogP contribution in [0.1, 0.15) is 15.9 Å². The first-order valence-electron chi connectivity index (χ1n) is 9.19. The molecule has 0 aliphatic heterocycles. The fourth-order valence-electron chi connectivity index (χ4n) is 2.85. The maximum atomic E-state index is 12.4. The van der Waals surface area contributed by atoms with E-state index in [-0.39, 0.29) is 5.91 Å². The zero-order valence-electron chi connectivity index (χ0n) is 15.6. The molecule has 0 fully saturated rings. The summed E-state index contributed by atoms with van der Waals surface area (Å²) in [6.07, 6.45) is 0. The van der Waals surface area contributed by atoms with E-state index in [4.69, 9.17) is 5.73 Å². The summed E-state index contributed by atoms with van der Waals surface area (Å²) >= 11 is 1.58. The van der Waals surface area contributed by atoms with Crippen molar-refractivity contribution in [1.29, 1.82) is 0 Å². The molecule has 0 radical (unpaired) electrons. The fourth-order valence-corrected chi connectivity index (χ4v) is 3.57. The van der Waals surface area contributed by atoms with Crippen LogP contribution in [0.5, 0.6) is 0 Å². The molecule has 0 unspecified atom stereocenters. The third-order valence-corrected chi connectivity index (χ3v) is 5.24. The molecule has 0 aliphatic rings. The highest BCUT2D eigenvalue weighted by atomic mass is 32.1. The van der Waals surface area contributed by atoms with Crippen molar-refractivity contribution in [1.82, 2.24) is 4.98 Å². The molecule has 1 heterocycles. The highest BCUT2D eigenvalue weighted by molar-refractivity contribution is 7.14. The molecule has 5 nitrogen and oxygen atoms in total. The molecule has 3 aromatic carbocycles. The van der Waals surface area contributed by atoms with E-state index >= 15 is 0 Å². The van der Waals surface area contributed by atoms with Crippen molar-refractivity contribution in [3.63, 3.8) is 0 Å². The Morgan fingerprint density at radius 1 is 0.931 bits per heavy atom. The lowest BCUT2D eigenvalue weighted by Gasteiger charge is -2.08. The second-order valence-corrected chi connectivity index (χ2v) is 7.35. The lowest BCUT2D eigenvalue weighted by molar-refractivity contribution is 0.102. The number of hydrogen-bond donors (Lipinski definition) is 3. The molecule has 4 rings (SSSR count). The second kappa shape index (κ2) is 8.58. The third kappa shape index (κ3) is 4.62. The van der Waals surface area contributed by atoms with Gasteiger partial charge in [0.2, 0.25) is 0 Å². The molecule has 0 spiro atoms. The van der Waals surface area contributed by atoms with Gasteiger partial charge in [0.05, 0.1) is 17.1 Å². The first-order valence-corrected chi connectivity index (χ1v) is 10.1. The Hall–Kier alpha value is -3.64. The summed E-state index contributed by atoms with van der Waals surface area (Å²) in [6, 6.07) is 24.8. The molecule has 6 heteroatoms. The molecule has 0 saturated heterocycles. The summed E-state index contributed by atoms with van der Waals surface area (Å²) in [6.45, 7) is 0.634. The normalized spacial score (nSPS) is 10.5. The van der Waals surface area contributed by atoms with Gasteiger partial charge in [-0.3, -0.25) is 4.79 Å². The lowest BCUT2D eigenvalue weighted by atomic mass is 10.1. The predicted molar refractivity (Wildman–Crippen MR) is 120 cm³/mol. The molecule has 4 aromatic rings. The molecule has 0 aliphatic carbocycles. The Morgan fingerprint density at radius 2 is 1.66 bits per heavy atom. The maximum absolute atomic E-state index is 12.4. The third-order valence-electron chi connectivity index (χ3n) is 4.44. The van der Waals surface area contributed by atoms with Crippen LogP contribution >= 0.6 is 11.3 Å². The Bertz CT molecular complexity index is 1110. The summed E-state index contributed by atoms with van der Waals surface area (Å²) in [5.41, 5.74) is 10.7. The minimum absolute atomic E-state index is 0.185. The summed E-state index contributed by atoms with van der Waals surface area (Å²) in [7, 11) is 0. The van der Waals surface area contributed by atoms with Gasteiger partial charge in [0.1, 0.15) is 0 Å². The number of carbonyl (C=O) groups excluding carboxylic acids is 1. The first kappa shape index (κ1) is 18.7. The molecule has 0 bridgehead atoms. The van der Waals surface area contributed by atoms with E-state index in [1.165, 1.54) is 0 Å². The number of hydrogen-bond acceptors (Lipinski definition) is 5. The summed E-state index contributed by atoms with van der Waals surface area (Å²) in [5, 5.41) is 9.08. The number of rotatable bonds is 6. The average Bonchev–Trinajstić information content (AvgIpc) is 3.24. The number of nitrogens with zero attached hydrogens (tertiary/aromatic N) is 1. The Labute approximate surface area is 173 Å². The zero-order chi connectivity index (χ0) is 20.1. The Balaban J connectivity index is 1.36. The monoisotopic (exact) mass is 400 g/mol. The van der Waals surface area contributed by atoms with Gasteiger partial charge in [-0.15, -0.1) is 11.3 Å². The molecular formula is C23H20N4OS. The van der Waals surface area contributed by atoms with E-state index in [1.807, 2.05) is 72.1 Å². The summed E-state index contributed by atoms with van der Waals surface area (Å²) < 4.78 is 0. The number of benzene rings is 3. The SMILES string of the molecule is Nc1ccccc1NC(=O)c1ccc(CNc2nc(-c3ccccc3)cs2)cc1. The van der Waals surface area contributed by atoms with Crippen molar-refractivity contribution in [2.75, 3.05) is 16.4 Å². The molecule has 0 atom stereocenters. The van der Waals surface area contributed by atoms with Crippen LogP contribution in [0.3, 0.4) is 0 Å². The van der Waals surface area contributed by atoms with Crippen molar-refractivity contribution < 1.29 is 4.79 Å². The van der Waals surface area contributed by atoms with Gasteiger partial charge in [-0.1, -0.05) is 54.6 Å². The number of para-hydroxylation sites is 2. The topological polar surface area (TPSA) is 80.0 Å². The number of nitrogen functional groups attached to an aromatic ring is 1. The highest BCUT2D eigenvalue weighted by Gasteiger charge is 2.08. The highest BCUT2D eigenvalue weighted by Crippen LogP contribution is 2.25. The van der Waals surface area contributed by atoms with Gasteiger partial charge in [-0.05, 0) is 29.8 Å². The standard InChI is InChI=1S/C23H20N4OS/c24-19-8-4-5-9-20(19)26-22(28)18-12-10-16(11-13-18)14-25-23-27-21(15-29-23)17-6-2-1-3-7-17/h1-13,15H,14,24H2,(H,25,27)(H,26,28). The van der Waals surface area contributed by atoms with Crippen LogP contribution in [-0.2, 0) is 6.54 Å². The maximum Gasteiger partial charge on any atom is 0.255 e. The van der Waals surface area contributed by atoms with Crippen LogP contribution in [-0.4, -0.2) is 10.9 Å². The first-order chi connectivity index (χ1) is 14.2. The number of carbonyl (C=O) groups is 1. The molecular weight excluding hydrogens is 380 g/mol. The molecule has 29 heavy (non-hydrogen) atoms. The van der Waals surface area contributed by atoms with Gasteiger partial charge < -0.3 is 16.4 Å². The number of anilines is 3. The minimum atomic E-state index is -0.185. The summed E-state index contributed by atoms with van der Waals surface area (Å²) in [5.74, 6) is -0.185. The smallest absolute Gasteiger partial charge is 0.255 e. The Morgan fingerprint density at radius 3 is 2.41 bits per heavy atom. The van der Waals surface area contributed by atoms with Gasteiger partial charge in [0.15, 0.2) is 5.13 Å². The van der Waals surface area contributed by atoms with Crippen molar-refractivity contribution in [3.8, 4) is 11.3 Å². The predicted octanol–water partition coefficient (Wildman–Crippen LogP) is 5.26. The fraction of sp³-hybridized carbons (Fsp3) is 0.0435. The average molecular weight is 401 g/mol. The molecule has 0 saturated carbocycles.